The highest BCUT2D eigenvalue weighted by atomic mass is 16.2. The number of nitrogens with one attached hydrogen (secondary N) is 1. The third-order valence-electron chi connectivity index (χ3n) is 3.58. The van der Waals surface area contributed by atoms with Gasteiger partial charge in [0, 0.05) is 24.9 Å². The SMILES string of the molecule is CC1NC(=O)C(C(C)C)N(CCc2ccccn2)C1=O. The van der Waals surface area contributed by atoms with E-state index in [4.69, 9.17) is 0 Å². The Kier molecular flexibility index (Phi) is 4.37. The van der Waals surface area contributed by atoms with Gasteiger partial charge in [-0.2, -0.15) is 0 Å². The van der Waals surface area contributed by atoms with Gasteiger partial charge in [0.2, 0.25) is 11.8 Å². The normalized spacial score (nSPS) is 23.1. The summed E-state index contributed by atoms with van der Waals surface area (Å²) in [6.07, 6.45) is 2.40. The van der Waals surface area contributed by atoms with E-state index in [1.807, 2.05) is 32.0 Å². The van der Waals surface area contributed by atoms with Crippen LogP contribution in [0.1, 0.15) is 26.5 Å². The molecule has 0 aromatic carbocycles. The molecule has 0 aliphatic carbocycles. The fourth-order valence-corrected chi connectivity index (χ4v) is 2.58. The second-order valence-electron chi connectivity index (χ2n) is 5.52. The van der Waals surface area contributed by atoms with E-state index < -0.39 is 6.04 Å². The summed E-state index contributed by atoms with van der Waals surface area (Å²) in [5.74, 6) is 0.0162. The number of carbonyl (C=O) groups is 2. The molecule has 0 bridgehead atoms. The summed E-state index contributed by atoms with van der Waals surface area (Å²) in [6.45, 7) is 6.17. The van der Waals surface area contributed by atoms with Gasteiger partial charge in [-0.3, -0.25) is 14.6 Å². The number of hydrogen-bond donors (Lipinski definition) is 1. The quantitative estimate of drug-likeness (QED) is 0.891. The third kappa shape index (κ3) is 2.98. The van der Waals surface area contributed by atoms with Crippen molar-refractivity contribution >= 4 is 11.8 Å². The second-order valence-corrected chi connectivity index (χ2v) is 5.52. The van der Waals surface area contributed by atoms with Crippen molar-refractivity contribution < 1.29 is 9.59 Å². The Morgan fingerprint density at radius 1 is 1.35 bits per heavy atom. The van der Waals surface area contributed by atoms with Crippen LogP contribution in [0.5, 0.6) is 0 Å². The van der Waals surface area contributed by atoms with Crippen molar-refractivity contribution in [1.29, 1.82) is 0 Å². The number of pyridine rings is 1. The zero-order chi connectivity index (χ0) is 14.7. The number of amides is 2. The lowest BCUT2D eigenvalue weighted by Crippen LogP contribution is -2.64. The number of carbonyl (C=O) groups excluding carboxylic acids is 2. The molecule has 5 heteroatoms. The molecular weight excluding hydrogens is 254 g/mol. The van der Waals surface area contributed by atoms with Gasteiger partial charge in [-0.25, -0.2) is 0 Å². The molecule has 2 unspecified atom stereocenters. The van der Waals surface area contributed by atoms with Crippen molar-refractivity contribution in [2.24, 2.45) is 5.92 Å². The molecule has 1 aliphatic rings. The molecule has 0 saturated carbocycles. The molecule has 2 rings (SSSR count). The van der Waals surface area contributed by atoms with E-state index in [1.165, 1.54) is 0 Å². The van der Waals surface area contributed by atoms with Crippen LogP contribution in [0, 0.1) is 5.92 Å². The molecular formula is C15H21N3O2. The second kappa shape index (κ2) is 6.03. The predicted molar refractivity (Wildman–Crippen MR) is 75.9 cm³/mol. The van der Waals surface area contributed by atoms with Gasteiger partial charge in [0.25, 0.3) is 0 Å². The van der Waals surface area contributed by atoms with E-state index >= 15 is 0 Å². The van der Waals surface area contributed by atoms with Gasteiger partial charge in [-0.05, 0) is 25.0 Å². The highest BCUT2D eigenvalue weighted by molar-refractivity contribution is 5.96. The van der Waals surface area contributed by atoms with Crippen LogP contribution in [0.15, 0.2) is 24.4 Å². The van der Waals surface area contributed by atoms with Crippen molar-refractivity contribution in [2.75, 3.05) is 6.54 Å². The Hall–Kier alpha value is -1.91. The van der Waals surface area contributed by atoms with E-state index in [0.29, 0.717) is 13.0 Å². The molecule has 2 atom stereocenters. The molecule has 20 heavy (non-hydrogen) atoms. The Balaban J connectivity index is 2.12. The smallest absolute Gasteiger partial charge is 0.245 e. The van der Waals surface area contributed by atoms with E-state index in [9.17, 15) is 9.59 Å². The molecule has 1 aliphatic heterocycles. The van der Waals surface area contributed by atoms with Gasteiger partial charge in [0.05, 0.1) is 0 Å². The third-order valence-corrected chi connectivity index (χ3v) is 3.58. The lowest BCUT2D eigenvalue weighted by molar-refractivity contribution is -0.150. The monoisotopic (exact) mass is 275 g/mol. The lowest BCUT2D eigenvalue weighted by Gasteiger charge is -2.39. The van der Waals surface area contributed by atoms with Crippen LogP contribution in [0.25, 0.3) is 0 Å². The van der Waals surface area contributed by atoms with Gasteiger partial charge >= 0.3 is 0 Å². The fourth-order valence-electron chi connectivity index (χ4n) is 2.58. The highest BCUT2D eigenvalue weighted by Gasteiger charge is 2.39. The largest absolute Gasteiger partial charge is 0.343 e. The molecule has 2 amide bonds. The number of nitrogens with zero attached hydrogens (tertiary/aromatic N) is 2. The Bertz CT molecular complexity index is 487. The van der Waals surface area contributed by atoms with Crippen molar-refractivity contribution in [3.05, 3.63) is 30.1 Å². The van der Waals surface area contributed by atoms with E-state index in [1.54, 1.807) is 18.0 Å². The molecule has 0 spiro atoms. The first kappa shape index (κ1) is 14.5. The summed E-state index contributed by atoms with van der Waals surface area (Å²) < 4.78 is 0. The highest BCUT2D eigenvalue weighted by Crippen LogP contribution is 2.17. The molecule has 2 heterocycles. The lowest BCUT2D eigenvalue weighted by atomic mass is 9.97. The number of hydrogen-bond acceptors (Lipinski definition) is 3. The van der Waals surface area contributed by atoms with Gasteiger partial charge in [0.15, 0.2) is 0 Å². The summed E-state index contributed by atoms with van der Waals surface area (Å²) in [5.41, 5.74) is 0.932. The van der Waals surface area contributed by atoms with Crippen LogP contribution < -0.4 is 5.32 Å². The average molecular weight is 275 g/mol. The molecule has 5 nitrogen and oxygen atoms in total. The molecule has 1 N–H and O–H groups in total. The summed E-state index contributed by atoms with van der Waals surface area (Å²) in [7, 11) is 0. The summed E-state index contributed by atoms with van der Waals surface area (Å²) in [5, 5.41) is 2.74. The summed E-state index contributed by atoms with van der Waals surface area (Å²) in [6, 6.07) is 4.89. The standard InChI is InChI=1S/C15H21N3O2/c1-10(2)13-14(19)17-11(3)15(20)18(13)9-7-12-6-4-5-8-16-12/h4-6,8,10-11,13H,7,9H2,1-3H3,(H,17,19). The zero-order valence-electron chi connectivity index (χ0n) is 12.2. The van der Waals surface area contributed by atoms with Crippen molar-refractivity contribution in [3.63, 3.8) is 0 Å². The number of rotatable bonds is 4. The zero-order valence-corrected chi connectivity index (χ0v) is 12.2. The first-order valence-electron chi connectivity index (χ1n) is 7.01. The maximum atomic E-state index is 12.3. The van der Waals surface area contributed by atoms with Crippen molar-refractivity contribution in [1.82, 2.24) is 15.2 Å². The van der Waals surface area contributed by atoms with Crippen LogP contribution in [0.4, 0.5) is 0 Å². The molecule has 1 fully saturated rings. The van der Waals surface area contributed by atoms with Gasteiger partial charge in [0.1, 0.15) is 12.1 Å². The first-order valence-corrected chi connectivity index (χ1v) is 7.01. The molecule has 108 valence electrons. The van der Waals surface area contributed by atoms with Crippen LogP contribution in [0.3, 0.4) is 0 Å². The summed E-state index contributed by atoms with van der Waals surface area (Å²) in [4.78, 5) is 30.3. The molecule has 1 saturated heterocycles. The number of piperazine rings is 1. The van der Waals surface area contributed by atoms with Crippen LogP contribution >= 0.6 is 0 Å². The van der Waals surface area contributed by atoms with Crippen LogP contribution in [-0.2, 0) is 16.0 Å². The van der Waals surface area contributed by atoms with Gasteiger partial charge in [-0.1, -0.05) is 19.9 Å². The first-order chi connectivity index (χ1) is 9.50. The van der Waals surface area contributed by atoms with Crippen LogP contribution in [-0.4, -0.2) is 40.3 Å². The topological polar surface area (TPSA) is 62.3 Å². The fraction of sp³-hybridized carbons (Fsp3) is 0.533. The number of aromatic nitrogens is 1. The molecule has 1 aromatic heterocycles. The van der Waals surface area contributed by atoms with E-state index in [2.05, 4.69) is 10.3 Å². The Labute approximate surface area is 119 Å². The average Bonchev–Trinajstić information content (AvgIpc) is 2.41. The molecule has 1 aromatic rings. The minimum absolute atomic E-state index is 0.0146. The minimum Gasteiger partial charge on any atom is -0.343 e. The Morgan fingerprint density at radius 3 is 2.70 bits per heavy atom. The summed E-state index contributed by atoms with van der Waals surface area (Å²) >= 11 is 0. The van der Waals surface area contributed by atoms with Crippen molar-refractivity contribution in [2.45, 2.75) is 39.3 Å². The van der Waals surface area contributed by atoms with E-state index in [-0.39, 0.29) is 23.8 Å². The van der Waals surface area contributed by atoms with Gasteiger partial charge in [-0.15, -0.1) is 0 Å². The minimum atomic E-state index is -0.443. The van der Waals surface area contributed by atoms with Crippen molar-refractivity contribution in [3.8, 4) is 0 Å². The molecule has 0 radical (unpaired) electrons. The van der Waals surface area contributed by atoms with Gasteiger partial charge < -0.3 is 10.2 Å². The predicted octanol–water partition coefficient (Wildman–Crippen LogP) is 0.996. The van der Waals surface area contributed by atoms with Crippen LogP contribution in [0.2, 0.25) is 0 Å². The maximum absolute atomic E-state index is 12.3. The Morgan fingerprint density at radius 2 is 2.10 bits per heavy atom. The van der Waals surface area contributed by atoms with E-state index in [0.717, 1.165) is 5.69 Å². The maximum Gasteiger partial charge on any atom is 0.245 e.